The maximum atomic E-state index is 5.71. The van der Waals surface area contributed by atoms with E-state index in [1.165, 1.54) is 10.5 Å². The van der Waals surface area contributed by atoms with E-state index in [9.17, 15) is 0 Å². The van der Waals surface area contributed by atoms with Gasteiger partial charge in [0.25, 0.3) is 0 Å². The summed E-state index contributed by atoms with van der Waals surface area (Å²) >= 11 is 1.71. The number of anilines is 1. The molecule has 5 heteroatoms. The lowest BCUT2D eigenvalue weighted by atomic mass is 10.2. The van der Waals surface area contributed by atoms with E-state index in [0.29, 0.717) is 11.7 Å². The molecule has 0 amide bonds. The average molecular weight is 274 g/mol. The van der Waals surface area contributed by atoms with Crippen LogP contribution in [0.25, 0.3) is 0 Å². The lowest BCUT2D eigenvalue weighted by Crippen LogP contribution is -2.06. The first-order valence-electron chi connectivity index (χ1n) is 6.36. The highest BCUT2D eigenvalue weighted by Crippen LogP contribution is 2.21. The Hall–Kier alpha value is -1.62. The normalized spacial score (nSPS) is 10.6. The van der Waals surface area contributed by atoms with E-state index < -0.39 is 0 Å². The minimum absolute atomic E-state index is 0.318. The summed E-state index contributed by atoms with van der Waals surface area (Å²) in [7, 11) is 0. The van der Waals surface area contributed by atoms with Gasteiger partial charge in [-0.2, -0.15) is 9.97 Å². The van der Waals surface area contributed by atoms with Crippen molar-refractivity contribution in [2.45, 2.75) is 37.3 Å². The molecule has 0 radical (unpaired) electrons. The highest BCUT2D eigenvalue weighted by atomic mass is 32.2. The molecule has 0 saturated carbocycles. The average Bonchev–Trinajstić information content (AvgIpc) is 2.38. The molecule has 0 aliphatic heterocycles. The molecule has 0 bridgehead atoms. The van der Waals surface area contributed by atoms with Gasteiger partial charge in [0.05, 0.1) is 5.75 Å². The van der Waals surface area contributed by atoms with Crippen LogP contribution >= 0.6 is 11.8 Å². The molecule has 0 fully saturated rings. The number of nitrogen functional groups attached to an aromatic ring is 1. The van der Waals surface area contributed by atoms with E-state index in [1.807, 2.05) is 0 Å². The van der Waals surface area contributed by atoms with Crippen molar-refractivity contribution in [3.05, 3.63) is 41.5 Å². The SMILES string of the molecule is CCCc1nc(N)nc(CSc2ccc(C)cc2)n1. The Morgan fingerprint density at radius 3 is 2.42 bits per heavy atom. The largest absolute Gasteiger partial charge is 0.368 e. The number of hydrogen-bond donors (Lipinski definition) is 1. The lowest BCUT2D eigenvalue weighted by Gasteiger charge is -2.04. The van der Waals surface area contributed by atoms with E-state index >= 15 is 0 Å². The van der Waals surface area contributed by atoms with E-state index in [4.69, 9.17) is 5.73 Å². The van der Waals surface area contributed by atoms with Crippen molar-refractivity contribution in [2.75, 3.05) is 5.73 Å². The Kier molecular flexibility index (Phi) is 4.74. The van der Waals surface area contributed by atoms with Gasteiger partial charge in [0, 0.05) is 11.3 Å². The first-order valence-corrected chi connectivity index (χ1v) is 7.34. The molecule has 0 spiro atoms. The van der Waals surface area contributed by atoms with Gasteiger partial charge in [-0.1, -0.05) is 24.6 Å². The van der Waals surface area contributed by atoms with Crippen LogP contribution < -0.4 is 5.73 Å². The zero-order valence-electron chi connectivity index (χ0n) is 11.3. The van der Waals surface area contributed by atoms with Crippen LogP contribution in [0.2, 0.25) is 0 Å². The minimum Gasteiger partial charge on any atom is -0.368 e. The van der Waals surface area contributed by atoms with Crippen molar-refractivity contribution in [1.29, 1.82) is 0 Å². The van der Waals surface area contributed by atoms with Crippen LogP contribution in [0, 0.1) is 6.92 Å². The molecule has 0 aliphatic carbocycles. The monoisotopic (exact) mass is 274 g/mol. The molecule has 2 aromatic rings. The Balaban J connectivity index is 2.04. The summed E-state index contributed by atoms with van der Waals surface area (Å²) in [4.78, 5) is 14.0. The summed E-state index contributed by atoms with van der Waals surface area (Å²) < 4.78 is 0. The summed E-state index contributed by atoms with van der Waals surface area (Å²) in [6.45, 7) is 4.18. The molecule has 1 aromatic carbocycles. The summed E-state index contributed by atoms with van der Waals surface area (Å²) in [6.07, 6.45) is 1.85. The third-order valence-corrected chi connectivity index (χ3v) is 3.62. The number of thioether (sulfide) groups is 1. The molecule has 4 nitrogen and oxygen atoms in total. The van der Waals surface area contributed by atoms with Crippen molar-refractivity contribution >= 4 is 17.7 Å². The maximum absolute atomic E-state index is 5.71. The number of nitrogens with zero attached hydrogens (tertiary/aromatic N) is 3. The molecule has 19 heavy (non-hydrogen) atoms. The molecule has 0 unspecified atom stereocenters. The zero-order valence-corrected chi connectivity index (χ0v) is 12.1. The van der Waals surface area contributed by atoms with E-state index in [0.717, 1.165) is 24.5 Å². The fourth-order valence-electron chi connectivity index (χ4n) is 1.67. The summed E-state index contributed by atoms with van der Waals surface area (Å²) in [5.41, 5.74) is 6.97. The number of benzene rings is 1. The van der Waals surface area contributed by atoms with Crippen molar-refractivity contribution in [3.63, 3.8) is 0 Å². The number of nitrogens with two attached hydrogens (primary N) is 1. The first-order chi connectivity index (χ1) is 9.17. The number of aryl methyl sites for hydroxylation is 2. The third kappa shape index (κ3) is 4.21. The van der Waals surface area contributed by atoms with Gasteiger partial charge < -0.3 is 5.73 Å². The lowest BCUT2D eigenvalue weighted by molar-refractivity contribution is 0.802. The molecule has 100 valence electrons. The van der Waals surface area contributed by atoms with Gasteiger partial charge in [-0.05, 0) is 25.5 Å². The van der Waals surface area contributed by atoms with Gasteiger partial charge >= 0.3 is 0 Å². The van der Waals surface area contributed by atoms with Gasteiger partial charge in [0.15, 0.2) is 0 Å². The molecule has 1 heterocycles. The molecular weight excluding hydrogens is 256 g/mol. The van der Waals surface area contributed by atoms with Crippen molar-refractivity contribution in [1.82, 2.24) is 15.0 Å². The number of hydrogen-bond acceptors (Lipinski definition) is 5. The van der Waals surface area contributed by atoms with Crippen LogP contribution in [0.4, 0.5) is 5.95 Å². The fraction of sp³-hybridized carbons (Fsp3) is 0.357. The maximum Gasteiger partial charge on any atom is 0.223 e. The number of aromatic nitrogens is 3. The predicted octanol–water partition coefficient (Wildman–Crippen LogP) is 3.01. The van der Waals surface area contributed by atoms with Gasteiger partial charge in [0.2, 0.25) is 5.95 Å². The predicted molar refractivity (Wildman–Crippen MR) is 79.0 cm³/mol. The van der Waals surface area contributed by atoms with E-state index in [2.05, 4.69) is 53.1 Å². The van der Waals surface area contributed by atoms with Gasteiger partial charge in [0.1, 0.15) is 11.6 Å². The van der Waals surface area contributed by atoms with Gasteiger partial charge in [-0.25, -0.2) is 4.98 Å². The topological polar surface area (TPSA) is 64.7 Å². The third-order valence-electron chi connectivity index (χ3n) is 2.61. The quantitative estimate of drug-likeness (QED) is 0.849. The Bertz CT molecular complexity index is 540. The second kappa shape index (κ2) is 6.52. The first kappa shape index (κ1) is 13.8. The summed E-state index contributed by atoms with van der Waals surface area (Å²) in [5.74, 6) is 2.57. The second-order valence-corrected chi connectivity index (χ2v) is 5.43. The highest BCUT2D eigenvalue weighted by Gasteiger charge is 2.04. The molecule has 1 aromatic heterocycles. The number of rotatable bonds is 5. The molecule has 2 rings (SSSR count). The van der Waals surface area contributed by atoms with E-state index in [-0.39, 0.29) is 0 Å². The summed E-state index contributed by atoms with van der Waals surface area (Å²) in [6, 6.07) is 8.42. The van der Waals surface area contributed by atoms with Crippen LogP contribution in [0.15, 0.2) is 29.2 Å². The van der Waals surface area contributed by atoms with Crippen LogP contribution in [-0.4, -0.2) is 15.0 Å². The molecular formula is C14H18N4S. The second-order valence-electron chi connectivity index (χ2n) is 4.38. The fourth-order valence-corrected chi connectivity index (χ4v) is 2.42. The van der Waals surface area contributed by atoms with Crippen LogP contribution in [-0.2, 0) is 12.2 Å². The zero-order chi connectivity index (χ0) is 13.7. The highest BCUT2D eigenvalue weighted by molar-refractivity contribution is 7.98. The van der Waals surface area contributed by atoms with E-state index in [1.54, 1.807) is 11.8 Å². The Morgan fingerprint density at radius 2 is 1.74 bits per heavy atom. The van der Waals surface area contributed by atoms with Crippen LogP contribution in [0.5, 0.6) is 0 Å². The van der Waals surface area contributed by atoms with Gasteiger partial charge in [-0.3, -0.25) is 0 Å². The minimum atomic E-state index is 0.318. The van der Waals surface area contributed by atoms with Crippen molar-refractivity contribution in [2.24, 2.45) is 0 Å². The van der Waals surface area contributed by atoms with Gasteiger partial charge in [-0.15, -0.1) is 11.8 Å². The molecule has 0 saturated heterocycles. The Labute approximate surface area is 117 Å². The van der Waals surface area contributed by atoms with Crippen LogP contribution in [0.3, 0.4) is 0 Å². The molecule has 0 aliphatic rings. The van der Waals surface area contributed by atoms with Crippen molar-refractivity contribution in [3.8, 4) is 0 Å². The molecule has 0 atom stereocenters. The van der Waals surface area contributed by atoms with Crippen molar-refractivity contribution < 1.29 is 0 Å². The van der Waals surface area contributed by atoms with Crippen LogP contribution in [0.1, 0.15) is 30.6 Å². The molecule has 2 N–H and O–H groups in total. The Morgan fingerprint density at radius 1 is 1.05 bits per heavy atom. The standard InChI is InChI=1S/C14H18N4S/c1-3-4-12-16-13(18-14(15)17-12)9-19-11-7-5-10(2)6-8-11/h5-8H,3-4,9H2,1-2H3,(H2,15,16,17,18). The smallest absolute Gasteiger partial charge is 0.223 e. The summed E-state index contributed by atoms with van der Waals surface area (Å²) in [5, 5.41) is 0.